The molecule has 1 saturated carbocycles. The average Bonchev–Trinajstić information content (AvgIpc) is 3.08. The van der Waals surface area contributed by atoms with Crippen LogP contribution in [-0.4, -0.2) is 43.8 Å². The number of halogens is 4. The van der Waals surface area contributed by atoms with Gasteiger partial charge < -0.3 is 10.2 Å². The van der Waals surface area contributed by atoms with Crippen molar-refractivity contribution in [2.45, 2.75) is 62.0 Å². The first-order chi connectivity index (χ1) is 23.0. The van der Waals surface area contributed by atoms with Gasteiger partial charge in [-0.2, -0.15) is 0 Å². The molecule has 0 aromatic heterocycles. The Hall–Kier alpha value is -3.27. The van der Waals surface area contributed by atoms with Gasteiger partial charge in [-0.1, -0.05) is 120 Å². The molecule has 1 aliphatic rings. The molecule has 252 valence electrons. The predicted molar refractivity (Wildman–Crippen MR) is 193 cm³/mol. The van der Waals surface area contributed by atoms with Crippen molar-refractivity contribution in [2.75, 3.05) is 10.8 Å². The third-order valence-electron chi connectivity index (χ3n) is 8.41. The normalized spacial score (nSPS) is 14.2. The van der Waals surface area contributed by atoms with Gasteiger partial charge >= 0.3 is 0 Å². The van der Waals surface area contributed by atoms with E-state index in [0.717, 1.165) is 42.0 Å². The molecule has 2 amide bonds. The molecule has 7 nitrogen and oxygen atoms in total. The van der Waals surface area contributed by atoms with E-state index in [0.29, 0.717) is 15.6 Å². The zero-order chi connectivity index (χ0) is 34.3. The zero-order valence-corrected chi connectivity index (χ0v) is 29.8. The summed E-state index contributed by atoms with van der Waals surface area (Å²) in [7, 11) is -4.30. The maximum Gasteiger partial charge on any atom is 0.264 e. The van der Waals surface area contributed by atoms with Crippen LogP contribution in [0.1, 0.15) is 43.2 Å². The molecule has 1 atom stereocenters. The van der Waals surface area contributed by atoms with Gasteiger partial charge in [0.1, 0.15) is 12.6 Å². The fourth-order valence-electron chi connectivity index (χ4n) is 5.84. The maximum absolute atomic E-state index is 14.7. The molecule has 0 aliphatic heterocycles. The lowest BCUT2D eigenvalue weighted by Crippen LogP contribution is -2.55. The average molecular weight is 748 g/mol. The van der Waals surface area contributed by atoms with Gasteiger partial charge in [0, 0.05) is 34.6 Å². The minimum Gasteiger partial charge on any atom is -0.352 e. The lowest BCUT2D eigenvalue weighted by atomic mass is 9.94. The van der Waals surface area contributed by atoms with E-state index >= 15 is 0 Å². The van der Waals surface area contributed by atoms with E-state index in [1.807, 2.05) is 30.3 Å². The smallest absolute Gasteiger partial charge is 0.264 e. The molecule has 4 aromatic carbocycles. The molecule has 0 spiro atoms. The topological polar surface area (TPSA) is 86.8 Å². The summed E-state index contributed by atoms with van der Waals surface area (Å²) in [6.07, 6.45) is 4.97. The number of nitrogens with one attached hydrogen (secondary N) is 1. The van der Waals surface area contributed by atoms with E-state index < -0.39 is 28.5 Å². The fraction of sp³-hybridized carbons (Fsp3) is 0.278. The standard InChI is InChI=1S/C36H35Cl4N3O4S/c37-30-17-10-18-31(38)29(30)23-42(34(21-25-11-4-1-5-12-25)36(45)41-26-13-6-2-7-14-26)35(44)24-43(27-19-20-32(39)33(40)22-27)48(46,47)28-15-8-3-9-16-28/h1,3-5,8-12,15-20,22,26,34H,2,6-7,13-14,21,23-24H2,(H,41,45). The van der Waals surface area contributed by atoms with E-state index in [-0.39, 0.29) is 45.5 Å². The van der Waals surface area contributed by atoms with Gasteiger partial charge in [0.05, 0.1) is 20.6 Å². The molecule has 0 bridgehead atoms. The summed E-state index contributed by atoms with van der Waals surface area (Å²) in [5, 5.41) is 4.14. The summed E-state index contributed by atoms with van der Waals surface area (Å²) in [5.74, 6) is -0.981. The lowest BCUT2D eigenvalue weighted by Gasteiger charge is -2.35. The number of benzene rings is 4. The second-order valence-electron chi connectivity index (χ2n) is 11.7. The quantitative estimate of drug-likeness (QED) is 0.157. The minimum atomic E-state index is -4.30. The van der Waals surface area contributed by atoms with Crippen molar-refractivity contribution < 1.29 is 18.0 Å². The summed E-state index contributed by atoms with van der Waals surface area (Å²) < 4.78 is 29.3. The van der Waals surface area contributed by atoms with E-state index in [4.69, 9.17) is 46.4 Å². The summed E-state index contributed by atoms with van der Waals surface area (Å²) in [6.45, 7) is -0.799. The van der Waals surface area contributed by atoms with Crippen molar-refractivity contribution in [3.05, 3.63) is 128 Å². The Morgan fingerprint density at radius 3 is 2.00 bits per heavy atom. The minimum absolute atomic E-state index is 0.0274. The molecule has 1 N–H and O–H groups in total. The van der Waals surface area contributed by atoms with Crippen molar-refractivity contribution in [1.29, 1.82) is 0 Å². The molecule has 48 heavy (non-hydrogen) atoms. The summed E-state index contributed by atoms with van der Waals surface area (Å²) >= 11 is 25.7. The Balaban J connectivity index is 1.60. The molecule has 1 fully saturated rings. The van der Waals surface area contributed by atoms with Crippen LogP contribution in [0.25, 0.3) is 0 Å². The number of carbonyl (C=O) groups is 2. The monoisotopic (exact) mass is 745 g/mol. The van der Waals surface area contributed by atoms with Gasteiger partial charge in [0.15, 0.2) is 0 Å². The van der Waals surface area contributed by atoms with E-state index in [1.54, 1.807) is 36.4 Å². The Morgan fingerprint density at radius 1 is 0.750 bits per heavy atom. The van der Waals surface area contributed by atoms with Crippen LogP contribution in [0, 0.1) is 0 Å². The van der Waals surface area contributed by atoms with Gasteiger partial charge in [0.25, 0.3) is 10.0 Å². The predicted octanol–water partition coefficient (Wildman–Crippen LogP) is 8.58. The van der Waals surface area contributed by atoms with Crippen molar-refractivity contribution >= 4 is 73.9 Å². The number of hydrogen-bond acceptors (Lipinski definition) is 4. The molecular weight excluding hydrogens is 712 g/mol. The molecule has 0 heterocycles. The van der Waals surface area contributed by atoms with Crippen molar-refractivity contribution in [2.24, 2.45) is 0 Å². The van der Waals surface area contributed by atoms with Crippen LogP contribution in [0.2, 0.25) is 20.1 Å². The van der Waals surface area contributed by atoms with E-state index in [9.17, 15) is 18.0 Å². The first-order valence-corrected chi connectivity index (χ1v) is 18.6. The molecule has 12 heteroatoms. The summed E-state index contributed by atoms with van der Waals surface area (Å²) in [6, 6.07) is 25.4. The van der Waals surface area contributed by atoms with Crippen LogP contribution >= 0.6 is 46.4 Å². The van der Waals surface area contributed by atoms with Crippen LogP contribution in [0.3, 0.4) is 0 Å². The zero-order valence-electron chi connectivity index (χ0n) is 26.0. The number of carbonyl (C=O) groups excluding carboxylic acids is 2. The fourth-order valence-corrected chi connectivity index (χ4v) is 8.08. The largest absolute Gasteiger partial charge is 0.352 e. The van der Waals surface area contributed by atoms with Crippen LogP contribution in [0.5, 0.6) is 0 Å². The number of anilines is 1. The molecular formula is C36H35Cl4N3O4S. The number of sulfonamides is 1. The van der Waals surface area contributed by atoms with Gasteiger partial charge in [-0.25, -0.2) is 8.42 Å². The number of amides is 2. The highest BCUT2D eigenvalue weighted by Gasteiger charge is 2.36. The van der Waals surface area contributed by atoms with Crippen LogP contribution in [0.4, 0.5) is 5.69 Å². The molecule has 5 rings (SSSR count). The molecule has 4 aromatic rings. The molecule has 1 aliphatic carbocycles. The highest BCUT2D eigenvalue weighted by Crippen LogP contribution is 2.32. The third kappa shape index (κ3) is 8.84. The van der Waals surface area contributed by atoms with Crippen molar-refractivity contribution in [1.82, 2.24) is 10.2 Å². The SMILES string of the molecule is O=C(NC1CCCCC1)C(Cc1ccccc1)N(Cc1c(Cl)cccc1Cl)C(=O)CN(c1ccc(Cl)c(Cl)c1)S(=O)(=O)c1ccccc1. The van der Waals surface area contributed by atoms with Crippen LogP contribution in [-0.2, 0) is 32.6 Å². The van der Waals surface area contributed by atoms with E-state index in [1.165, 1.54) is 35.2 Å². The lowest BCUT2D eigenvalue weighted by molar-refractivity contribution is -0.140. The number of hydrogen-bond donors (Lipinski definition) is 1. The van der Waals surface area contributed by atoms with Crippen LogP contribution in [0.15, 0.2) is 102 Å². The van der Waals surface area contributed by atoms with Gasteiger partial charge in [-0.15, -0.1) is 0 Å². The number of rotatable bonds is 12. The highest BCUT2D eigenvalue weighted by molar-refractivity contribution is 7.92. The molecule has 1 unspecified atom stereocenters. The van der Waals surface area contributed by atoms with Gasteiger partial charge in [0.2, 0.25) is 11.8 Å². The Bertz CT molecular complexity index is 1820. The second-order valence-corrected chi connectivity index (χ2v) is 15.2. The summed E-state index contributed by atoms with van der Waals surface area (Å²) in [4.78, 5) is 30.3. The van der Waals surface area contributed by atoms with Crippen LogP contribution < -0.4 is 9.62 Å². The first-order valence-electron chi connectivity index (χ1n) is 15.6. The maximum atomic E-state index is 14.7. The Kier molecular flexibility index (Phi) is 12.3. The molecule has 0 saturated heterocycles. The van der Waals surface area contributed by atoms with E-state index in [2.05, 4.69) is 5.32 Å². The van der Waals surface area contributed by atoms with Gasteiger partial charge in [-0.05, 0) is 60.9 Å². The van der Waals surface area contributed by atoms with Crippen molar-refractivity contribution in [3.63, 3.8) is 0 Å². The summed E-state index contributed by atoms with van der Waals surface area (Å²) in [5.41, 5.74) is 1.39. The van der Waals surface area contributed by atoms with Gasteiger partial charge in [-0.3, -0.25) is 13.9 Å². The molecule has 0 radical (unpaired) electrons. The Morgan fingerprint density at radius 2 is 1.38 bits per heavy atom. The highest BCUT2D eigenvalue weighted by atomic mass is 35.5. The van der Waals surface area contributed by atoms with Crippen molar-refractivity contribution in [3.8, 4) is 0 Å². The Labute approximate surface area is 301 Å². The number of nitrogens with zero attached hydrogens (tertiary/aromatic N) is 2. The first kappa shape index (κ1) is 36.0. The second kappa shape index (κ2) is 16.4. The third-order valence-corrected chi connectivity index (χ3v) is 11.6.